The van der Waals surface area contributed by atoms with Crippen molar-refractivity contribution in [1.29, 1.82) is 0 Å². The molecule has 0 aliphatic rings. The van der Waals surface area contributed by atoms with Crippen molar-refractivity contribution in [2.45, 2.75) is 6.92 Å². The average molecular weight is 447 g/mol. The van der Waals surface area contributed by atoms with Crippen LogP contribution in [0.2, 0.25) is 0 Å². The molecule has 3 rings (SSSR count). The molecule has 7 nitrogen and oxygen atoms in total. The van der Waals surface area contributed by atoms with Crippen molar-refractivity contribution in [3.63, 3.8) is 0 Å². The number of hydrogen-bond acceptors (Lipinski definition) is 6. The van der Waals surface area contributed by atoms with Gasteiger partial charge in [0.25, 0.3) is 5.69 Å². The van der Waals surface area contributed by atoms with Crippen LogP contribution < -0.4 is 10.6 Å². The average Bonchev–Trinajstić information content (AvgIpc) is 3.09. The van der Waals surface area contributed by atoms with Gasteiger partial charge >= 0.3 is 0 Å². The Morgan fingerprint density at radius 3 is 2.67 bits per heavy atom. The Bertz CT molecular complexity index is 989. The smallest absolute Gasteiger partial charge is 0.269 e. The van der Waals surface area contributed by atoms with Crippen LogP contribution in [0.5, 0.6) is 0 Å². The third-order valence-electron chi connectivity index (χ3n) is 3.75. The topological polar surface area (TPSA) is 97.2 Å². The number of hydrogen-bond donors (Lipinski definition) is 2. The summed E-state index contributed by atoms with van der Waals surface area (Å²) in [6, 6.07) is 12.2. The largest absolute Gasteiger partial charge is 0.376 e. The first-order chi connectivity index (χ1) is 12.9. The number of halogens is 1. The number of non-ortho nitro benzene ring substituents is 1. The zero-order valence-corrected chi connectivity index (χ0v) is 16.6. The molecule has 1 aromatic heterocycles. The molecule has 27 heavy (non-hydrogen) atoms. The van der Waals surface area contributed by atoms with E-state index in [4.69, 9.17) is 0 Å². The van der Waals surface area contributed by atoms with Crippen LogP contribution in [0.15, 0.2) is 52.3 Å². The molecule has 3 aromatic rings. The van der Waals surface area contributed by atoms with Crippen LogP contribution in [0.4, 0.5) is 16.5 Å². The fourth-order valence-corrected chi connectivity index (χ4v) is 3.38. The second-order valence-electron chi connectivity index (χ2n) is 5.70. The van der Waals surface area contributed by atoms with E-state index in [9.17, 15) is 14.9 Å². The lowest BCUT2D eigenvalue weighted by Gasteiger charge is -2.08. The molecule has 138 valence electrons. The number of nitrogens with one attached hydrogen (secondary N) is 2. The van der Waals surface area contributed by atoms with Gasteiger partial charge in [-0.2, -0.15) is 0 Å². The Hall–Kier alpha value is -2.78. The molecule has 0 fully saturated rings. The van der Waals surface area contributed by atoms with E-state index in [0.29, 0.717) is 16.4 Å². The van der Waals surface area contributed by atoms with E-state index in [1.165, 1.54) is 23.5 Å². The molecule has 0 saturated carbocycles. The SMILES string of the molecule is Cc1cc([N+](=O)[O-])ccc1NCC(=O)Nc1nc(-c2ccc(Br)cc2)cs1. The van der Waals surface area contributed by atoms with Crippen molar-refractivity contribution in [3.05, 3.63) is 68.0 Å². The van der Waals surface area contributed by atoms with E-state index in [2.05, 4.69) is 31.5 Å². The maximum Gasteiger partial charge on any atom is 0.269 e. The maximum absolute atomic E-state index is 12.1. The van der Waals surface area contributed by atoms with Crippen molar-refractivity contribution in [2.75, 3.05) is 17.2 Å². The van der Waals surface area contributed by atoms with Crippen LogP contribution in [-0.2, 0) is 4.79 Å². The molecule has 0 aliphatic carbocycles. The number of nitro groups is 1. The molecule has 0 spiro atoms. The molecule has 0 radical (unpaired) electrons. The number of nitrogens with zero attached hydrogens (tertiary/aromatic N) is 2. The number of nitro benzene ring substituents is 1. The molecule has 2 aromatic carbocycles. The highest BCUT2D eigenvalue weighted by Crippen LogP contribution is 2.26. The Balaban J connectivity index is 1.58. The molecule has 1 amide bonds. The molecule has 0 atom stereocenters. The molecule has 0 bridgehead atoms. The fraction of sp³-hybridized carbons (Fsp3) is 0.111. The molecule has 2 N–H and O–H groups in total. The molecule has 0 aliphatic heterocycles. The monoisotopic (exact) mass is 446 g/mol. The van der Waals surface area contributed by atoms with E-state index in [1.807, 2.05) is 29.6 Å². The zero-order valence-electron chi connectivity index (χ0n) is 14.2. The summed E-state index contributed by atoms with van der Waals surface area (Å²) in [5.41, 5.74) is 3.15. The molecular formula is C18H15BrN4O3S. The minimum atomic E-state index is -0.449. The predicted molar refractivity (Wildman–Crippen MR) is 110 cm³/mol. The van der Waals surface area contributed by atoms with Crippen molar-refractivity contribution in [1.82, 2.24) is 4.98 Å². The van der Waals surface area contributed by atoms with Crippen LogP contribution in [0.1, 0.15) is 5.56 Å². The Morgan fingerprint density at radius 2 is 2.00 bits per heavy atom. The van der Waals surface area contributed by atoms with Crippen molar-refractivity contribution in [2.24, 2.45) is 0 Å². The van der Waals surface area contributed by atoms with Gasteiger partial charge in [-0.3, -0.25) is 14.9 Å². The summed E-state index contributed by atoms with van der Waals surface area (Å²) in [4.78, 5) is 26.9. The number of aromatic nitrogens is 1. The maximum atomic E-state index is 12.1. The Morgan fingerprint density at radius 1 is 1.26 bits per heavy atom. The van der Waals surface area contributed by atoms with E-state index in [1.54, 1.807) is 13.0 Å². The molecule has 0 unspecified atom stereocenters. The van der Waals surface area contributed by atoms with E-state index in [0.717, 1.165) is 15.7 Å². The van der Waals surface area contributed by atoms with Gasteiger partial charge in [-0.1, -0.05) is 28.1 Å². The van der Waals surface area contributed by atoms with Crippen molar-refractivity contribution >= 4 is 49.7 Å². The quantitative estimate of drug-likeness (QED) is 0.416. The fourth-order valence-electron chi connectivity index (χ4n) is 2.38. The summed E-state index contributed by atoms with van der Waals surface area (Å²) in [7, 11) is 0. The number of anilines is 2. The minimum Gasteiger partial charge on any atom is -0.376 e. The minimum absolute atomic E-state index is 0.0192. The van der Waals surface area contributed by atoms with Crippen molar-refractivity contribution in [3.8, 4) is 11.3 Å². The summed E-state index contributed by atoms with van der Waals surface area (Å²) < 4.78 is 0.989. The number of carbonyl (C=O) groups is 1. The van der Waals surface area contributed by atoms with Gasteiger partial charge in [-0.05, 0) is 30.7 Å². The number of rotatable bonds is 6. The van der Waals surface area contributed by atoms with Crippen LogP contribution >= 0.6 is 27.3 Å². The molecule has 9 heteroatoms. The molecular weight excluding hydrogens is 432 g/mol. The van der Waals surface area contributed by atoms with Gasteiger partial charge in [0.15, 0.2) is 5.13 Å². The second-order valence-corrected chi connectivity index (χ2v) is 7.48. The zero-order chi connectivity index (χ0) is 19.4. The summed E-state index contributed by atoms with van der Waals surface area (Å²) in [6.07, 6.45) is 0. The molecule has 0 saturated heterocycles. The Kier molecular flexibility index (Phi) is 5.82. The van der Waals surface area contributed by atoms with Gasteiger partial charge in [0.2, 0.25) is 5.91 Å². The highest BCUT2D eigenvalue weighted by Gasteiger charge is 2.11. The lowest BCUT2D eigenvalue weighted by molar-refractivity contribution is -0.384. The summed E-state index contributed by atoms with van der Waals surface area (Å²) in [6.45, 7) is 1.78. The molecule has 1 heterocycles. The first-order valence-electron chi connectivity index (χ1n) is 7.92. The number of amides is 1. The van der Waals surface area contributed by atoms with Crippen LogP contribution in [-0.4, -0.2) is 22.4 Å². The standard InChI is InChI=1S/C18H15BrN4O3S/c1-11-8-14(23(25)26)6-7-15(11)20-9-17(24)22-18-21-16(10-27-18)12-2-4-13(19)5-3-12/h2-8,10,20H,9H2,1H3,(H,21,22,24). The van der Waals surface area contributed by atoms with Gasteiger partial charge < -0.3 is 10.6 Å². The van der Waals surface area contributed by atoms with E-state index >= 15 is 0 Å². The first kappa shape index (κ1) is 19.0. The van der Waals surface area contributed by atoms with Gasteiger partial charge in [0.1, 0.15) is 0 Å². The second kappa shape index (κ2) is 8.28. The summed E-state index contributed by atoms with van der Waals surface area (Å²) in [5.74, 6) is -0.246. The highest BCUT2D eigenvalue weighted by molar-refractivity contribution is 9.10. The van der Waals surface area contributed by atoms with Crippen LogP contribution in [0.25, 0.3) is 11.3 Å². The first-order valence-corrected chi connectivity index (χ1v) is 9.60. The highest BCUT2D eigenvalue weighted by atomic mass is 79.9. The number of benzene rings is 2. The van der Waals surface area contributed by atoms with Gasteiger partial charge in [-0.15, -0.1) is 11.3 Å². The van der Waals surface area contributed by atoms with E-state index < -0.39 is 4.92 Å². The number of aryl methyl sites for hydroxylation is 1. The third kappa shape index (κ3) is 4.89. The van der Waals surface area contributed by atoms with Gasteiger partial charge in [-0.25, -0.2) is 4.98 Å². The van der Waals surface area contributed by atoms with Crippen molar-refractivity contribution < 1.29 is 9.72 Å². The van der Waals surface area contributed by atoms with Crippen LogP contribution in [0, 0.1) is 17.0 Å². The van der Waals surface area contributed by atoms with Gasteiger partial charge in [0, 0.05) is 33.2 Å². The lowest BCUT2D eigenvalue weighted by atomic mass is 10.2. The Labute approximate surface area is 167 Å². The van der Waals surface area contributed by atoms with Crippen LogP contribution in [0.3, 0.4) is 0 Å². The lowest BCUT2D eigenvalue weighted by Crippen LogP contribution is -2.22. The van der Waals surface area contributed by atoms with Gasteiger partial charge in [0.05, 0.1) is 17.2 Å². The normalized spacial score (nSPS) is 10.4. The van der Waals surface area contributed by atoms with E-state index in [-0.39, 0.29) is 18.1 Å². The number of carbonyl (C=O) groups excluding carboxylic acids is 1. The predicted octanol–water partition coefficient (Wildman–Crippen LogP) is 4.84. The summed E-state index contributed by atoms with van der Waals surface area (Å²) >= 11 is 4.74. The third-order valence-corrected chi connectivity index (χ3v) is 5.04. The number of thiazole rings is 1. The summed E-state index contributed by atoms with van der Waals surface area (Å²) in [5, 5.41) is 18.9.